The number of carbonyl (C=O) groups excluding carboxylic acids is 3. The second-order valence-corrected chi connectivity index (χ2v) is 8.87. The first kappa shape index (κ1) is 24.5. The van der Waals surface area contributed by atoms with Crippen LogP contribution < -0.4 is 11.1 Å². The SMILES string of the molecule is CCC(=O)CCC(=O)Nc1cccc(-c2ccc3c(N)c(C(=O)c4ccc(Cl)cc4Cl)oc3c2)c1. The number of Topliss-reactive ketones (excluding diaryl/α,β-unsaturated/α-hetero) is 1. The van der Waals surface area contributed by atoms with Gasteiger partial charge < -0.3 is 15.5 Å². The van der Waals surface area contributed by atoms with Crippen molar-refractivity contribution in [3.63, 3.8) is 0 Å². The van der Waals surface area contributed by atoms with Crippen molar-refractivity contribution in [2.45, 2.75) is 26.2 Å². The topological polar surface area (TPSA) is 102 Å². The number of fused-ring (bicyclic) bond motifs is 1. The summed E-state index contributed by atoms with van der Waals surface area (Å²) >= 11 is 12.1. The van der Waals surface area contributed by atoms with Crippen molar-refractivity contribution >= 4 is 63.0 Å². The summed E-state index contributed by atoms with van der Waals surface area (Å²) < 4.78 is 5.85. The average Bonchev–Trinajstić information content (AvgIpc) is 3.18. The van der Waals surface area contributed by atoms with Gasteiger partial charge in [0.2, 0.25) is 11.7 Å². The van der Waals surface area contributed by atoms with Crippen molar-refractivity contribution in [1.29, 1.82) is 0 Å². The van der Waals surface area contributed by atoms with Crippen LogP contribution in [0.5, 0.6) is 0 Å². The van der Waals surface area contributed by atoms with E-state index in [0.717, 1.165) is 11.1 Å². The van der Waals surface area contributed by atoms with Crippen LogP contribution in [-0.4, -0.2) is 17.5 Å². The van der Waals surface area contributed by atoms with Crippen LogP contribution >= 0.6 is 23.2 Å². The summed E-state index contributed by atoms with van der Waals surface area (Å²) in [5.41, 5.74) is 9.40. The number of nitrogens with one attached hydrogen (secondary N) is 1. The van der Waals surface area contributed by atoms with Crippen molar-refractivity contribution in [3.8, 4) is 11.1 Å². The van der Waals surface area contributed by atoms with E-state index in [9.17, 15) is 14.4 Å². The van der Waals surface area contributed by atoms with Crippen LogP contribution in [0.2, 0.25) is 10.0 Å². The van der Waals surface area contributed by atoms with E-state index in [4.69, 9.17) is 33.4 Å². The van der Waals surface area contributed by atoms with Crippen molar-refractivity contribution in [1.82, 2.24) is 0 Å². The summed E-state index contributed by atoms with van der Waals surface area (Å²) in [6, 6.07) is 17.3. The molecule has 0 fully saturated rings. The van der Waals surface area contributed by atoms with Gasteiger partial charge >= 0.3 is 0 Å². The van der Waals surface area contributed by atoms with Crippen LogP contribution in [0.1, 0.15) is 42.3 Å². The monoisotopic (exact) mass is 508 g/mol. The lowest BCUT2D eigenvalue weighted by Gasteiger charge is -2.08. The molecule has 3 aromatic carbocycles. The Bertz CT molecular complexity index is 1460. The first-order valence-electron chi connectivity index (χ1n) is 11.0. The summed E-state index contributed by atoms with van der Waals surface area (Å²) in [5.74, 6) is -0.601. The number of halogens is 2. The zero-order chi connectivity index (χ0) is 25.1. The average molecular weight is 509 g/mol. The van der Waals surface area contributed by atoms with Crippen molar-refractivity contribution in [2.24, 2.45) is 0 Å². The number of nitrogen functional groups attached to an aromatic ring is 1. The Labute approximate surface area is 212 Å². The molecule has 6 nitrogen and oxygen atoms in total. The van der Waals surface area contributed by atoms with Gasteiger partial charge in [-0.2, -0.15) is 0 Å². The molecule has 0 aliphatic carbocycles. The number of ketones is 2. The molecule has 0 unspecified atom stereocenters. The van der Waals surface area contributed by atoms with Gasteiger partial charge in [0.05, 0.1) is 10.7 Å². The van der Waals surface area contributed by atoms with Gasteiger partial charge in [-0.05, 0) is 53.6 Å². The minimum absolute atomic E-state index is 0.00372. The van der Waals surface area contributed by atoms with Crippen molar-refractivity contribution in [3.05, 3.63) is 82.0 Å². The number of amides is 1. The summed E-state index contributed by atoms with van der Waals surface area (Å²) in [6.45, 7) is 1.78. The van der Waals surface area contributed by atoms with Gasteiger partial charge in [-0.25, -0.2) is 0 Å². The molecular formula is C27H22Cl2N2O4. The highest BCUT2D eigenvalue weighted by Crippen LogP contribution is 2.35. The summed E-state index contributed by atoms with van der Waals surface area (Å²) in [5, 5.41) is 4.05. The Kier molecular flexibility index (Phi) is 7.24. The van der Waals surface area contributed by atoms with Crippen LogP contribution in [0, 0.1) is 0 Å². The second-order valence-electron chi connectivity index (χ2n) is 8.03. The molecule has 0 aliphatic heterocycles. The molecule has 178 valence electrons. The quantitative estimate of drug-likeness (QED) is 0.251. The predicted molar refractivity (Wildman–Crippen MR) is 139 cm³/mol. The van der Waals surface area contributed by atoms with E-state index < -0.39 is 5.78 Å². The highest BCUT2D eigenvalue weighted by Gasteiger charge is 2.22. The number of benzene rings is 3. The van der Waals surface area contributed by atoms with Crippen LogP contribution in [-0.2, 0) is 9.59 Å². The lowest BCUT2D eigenvalue weighted by Crippen LogP contribution is -2.13. The van der Waals surface area contributed by atoms with Gasteiger partial charge in [0.25, 0.3) is 0 Å². The van der Waals surface area contributed by atoms with Crippen LogP contribution in [0.4, 0.5) is 11.4 Å². The number of hydrogen-bond acceptors (Lipinski definition) is 5. The third-order valence-corrected chi connectivity index (χ3v) is 6.16. The third-order valence-electron chi connectivity index (χ3n) is 5.62. The maximum Gasteiger partial charge on any atom is 0.231 e. The molecule has 0 atom stereocenters. The first-order valence-corrected chi connectivity index (χ1v) is 11.8. The highest BCUT2D eigenvalue weighted by molar-refractivity contribution is 6.37. The molecule has 0 radical (unpaired) electrons. The summed E-state index contributed by atoms with van der Waals surface area (Å²) in [4.78, 5) is 36.7. The molecule has 0 bridgehead atoms. The fourth-order valence-electron chi connectivity index (χ4n) is 3.69. The minimum atomic E-state index is -0.437. The largest absolute Gasteiger partial charge is 0.450 e. The molecular weight excluding hydrogens is 487 g/mol. The first-order chi connectivity index (χ1) is 16.8. The number of hydrogen-bond donors (Lipinski definition) is 2. The number of rotatable bonds is 8. The van der Waals surface area contributed by atoms with Crippen LogP contribution in [0.25, 0.3) is 22.1 Å². The van der Waals surface area contributed by atoms with E-state index in [1.807, 2.05) is 24.3 Å². The summed E-state index contributed by atoms with van der Waals surface area (Å²) in [7, 11) is 0. The van der Waals surface area contributed by atoms with E-state index in [0.29, 0.717) is 28.1 Å². The Morgan fingerprint density at radius 3 is 2.46 bits per heavy atom. The fourth-order valence-corrected chi connectivity index (χ4v) is 4.18. The van der Waals surface area contributed by atoms with Gasteiger partial charge in [0.15, 0.2) is 5.76 Å². The third kappa shape index (κ3) is 5.39. The van der Waals surface area contributed by atoms with Gasteiger partial charge in [-0.3, -0.25) is 14.4 Å². The lowest BCUT2D eigenvalue weighted by molar-refractivity contribution is -0.122. The van der Waals surface area contributed by atoms with Gasteiger partial charge in [-0.15, -0.1) is 0 Å². The molecule has 1 amide bonds. The Morgan fingerprint density at radius 2 is 1.71 bits per heavy atom. The van der Waals surface area contributed by atoms with Crippen molar-refractivity contribution in [2.75, 3.05) is 11.1 Å². The molecule has 1 heterocycles. The fraction of sp³-hybridized carbons (Fsp3) is 0.148. The smallest absolute Gasteiger partial charge is 0.231 e. The molecule has 4 rings (SSSR count). The summed E-state index contributed by atoms with van der Waals surface area (Å²) in [6.07, 6.45) is 0.784. The Hall–Kier alpha value is -3.61. The number of furan rings is 1. The second kappa shape index (κ2) is 10.3. The van der Waals surface area contributed by atoms with Crippen molar-refractivity contribution < 1.29 is 18.8 Å². The molecule has 0 saturated heterocycles. The normalized spacial score (nSPS) is 10.9. The zero-order valence-corrected chi connectivity index (χ0v) is 20.4. The minimum Gasteiger partial charge on any atom is -0.450 e. The molecule has 1 aromatic heterocycles. The van der Waals surface area contributed by atoms with E-state index in [2.05, 4.69) is 5.32 Å². The predicted octanol–water partition coefficient (Wildman–Crippen LogP) is 6.92. The number of anilines is 2. The van der Waals surface area contributed by atoms with Crippen LogP contribution in [0.3, 0.4) is 0 Å². The van der Waals surface area contributed by atoms with Gasteiger partial charge in [0, 0.05) is 40.9 Å². The Morgan fingerprint density at radius 1 is 0.943 bits per heavy atom. The molecule has 3 N–H and O–H groups in total. The molecule has 0 aliphatic rings. The molecule has 4 aromatic rings. The maximum atomic E-state index is 13.0. The number of nitrogens with two attached hydrogens (primary N) is 1. The lowest BCUT2D eigenvalue weighted by atomic mass is 10.0. The zero-order valence-electron chi connectivity index (χ0n) is 18.9. The standard InChI is InChI=1S/C27H22Cl2N2O4/c1-2-19(32)8-11-24(33)31-18-5-3-4-15(12-18)16-6-9-21-23(13-16)35-27(25(21)30)26(34)20-10-7-17(28)14-22(20)29/h3-7,9-10,12-14H,2,8,11,30H2,1H3,(H,31,33). The Balaban J connectivity index is 1.60. The van der Waals surface area contributed by atoms with E-state index in [-0.39, 0.29) is 46.6 Å². The molecule has 8 heteroatoms. The van der Waals surface area contributed by atoms with E-state index >= 15 is 0 Å². The maximum absolute atomic E-state index is 13.0. The van der Waals surface area contributed by atoms with Gasteiger partial charge in [0.1, 0.15) is 11.4 Å². The van der Waals surface area contributed by atoms with Crippen LogP contribution in [0.15, 0.2) is 65.1 Å². The molecule has 0 saturated carbocycles. The number of carbonyl (C=O) groups is 3. The molecule has 35 heavy (non-hydrogen) atoms. The van der Waals surface area contributed by atoms with E-state index in [1.54, 1.807) is 31.2 Å². The highest BCUT2D eigenvalue weighted by atomic mass is 35.5. The van der Waals surface area contributed by atoms with E-state index in [1.165, 1.54) is 12.1 Å². The molecule has 0 spiro atoms. The van der Waals surface area contributed by atoms with Gasteiger partial charge in [-0.1, -0.05) is 48.3 Å².